The van der Waals surface area contributed by atoms with Crippen molar-refractivity contribution in [2.75, 3.05) is 19.7 Å². The van der Waals surface area contributed by atoms with Gasteiger partial charge in [0.1, 0.15) is 6.10 Å². The quantitative estimate of drug-likeness (QED) is 0.834. The van der Waals surface area contributed by atoms with Crippen LogP contribution in [0.4, 0.5) is 0 Å². The number of aromatic nitrogens is 1. The number of hydrogen-bond acceptors (Lipinski definition) is 4. The molecule has 0 unspecified atom stereocenters. The number of carbonyl (C=O) groups is 1. The van der Waals surface area contributed by atoms with Crippen molar-refractivity contribution < 1.29 is 13.9 Å². The molecule has 3 aliphatic rings. The third-order valence-corrected chi connectivity index (χ3v) is 6.05. The molecule has 0 N–H and O–H groups in total. The summed E-state index contributed by atoms with van der Waals surface area (Å²) in [4.78, 5) is 19.0. The molecular formula is C18H26N2O3. The van der Waals surface area contributed by atoms with E-state index in [1.54, 1.807) is 0 Å². The molecule has 0 radical (unpaired) electrons. The summed E-state index contributed by atoms with van der Waals surface area (Å²) < 4.78 is 11.1. The fraction of sp³-hybridized carbons (Fsp3) is 0.778. The first kappa shape index (κ1) is 15.2. The zero-order valence-corrected chi connectivity index (χ0v) is 13.8. The minimum atomic E-state index is -0.0917. The Labute approximate surface area is 137 Å². The minimum absolute atomic E-state index is 0.0231. The van der Waals surface area contributed by atoms with Crippen LogP contribution in [0.15, 0.2) is 10.8 Å². The zero-order valence-electron chi connectivity index (χ0n) is 13.8. The molecule has 0 aromatic carbocycles. The molecular weight excluding hydrogens is 292 g/mol. The van der Waals surface area contributed by atoms with Crippen molar-refractivity contribution in [3.05, 3.63) is 17.8 Å². The highest BCUT2D eigenvalue weighted by Crippen LogP contribution is 2.44. The van der Waals surface area contributed by atoms with Gasteiger partial charge in [-0.25, -0.2) is 4.98 Å². The maximum Gasteiger partial charge on any atom is 0.276 e. The molecule has 1 aromatic rings. The Kier molecular flexibility index (Phi) is 4.14. The van der Waals surface area contributed by atoms with E-state index in [1.165, 1.54) is 38.5 Å². The number of oxazole rings is 1. The van der Waals surface area contributed by atoms with Crippen molar-refractivity contribution in [3.63, 3.8) is 0 Å². The van der Waals surface area contributed by atoms with Gasteiger partial charge in [0.05, 0.1) is 0 Å². The van der Waals surface area contributed by atoms with Crippen LogP contribution in [0.2, 0.25) is 0 Å². The fourth-order valence-electron chi connectivity index (χ4n) is 4.56. The van der Waals surface area contributed by atoms with Crippen molar-refractivity contribution in [3.8, 4) is 0 Å². The summed E-state index contributed by atoms with van der Waals surface area (Å²) in [5.41, 5.74) is 0.979. The second-order valence-corrected chi connectivity index (χ2v) is 7.42. The number of rotatable bonds is 2. The smallest absolute Gasteiger partial charge is 0.276 e. The van der Waals surface area contributed by atoms with Gasteiger partial charge in [0.2, 0.25) is 0 Å². The number of carbonyl (C=O) groups excluding carboxylic acids is 1. The number of nitrogens with zero attached hydrogens (tertiary/aromatic N) is 2. The first-order valence-electron chi connectivity index (χ1n) is 9.12. The molecule has 126 valence electrons. The van der Waals surface area contributed by atoms with E-state index < -0.39 is 0 Å². The molecule has 4 rings (SSSR count). The topological polar surface area (TPSA) is 55.6 Å². The molecule has 5 heteroatoms. The van der Waals surface area contributed by atoms with E-state index in [1.807, 2.05) is 4.90 Å². The van der Waals surface area contributed by atoms with Crippen LogP contribution in [-0.2, 0) is 4.74 Å². The highest BCUT2D eigenvalue weighted by atomic mass is 16.5. The Morgan fingerprint density at radius 1 is 1.13 bits per heavy atom. The number of amides is 1. The average Bonchev–Trinajstić information content (AvgIpc) is 3.27. The summed E-state index contributed by atoms with van der Waals surface area (Å²) >= 11 is 0. The van der Waals surface area contributed by atoms with E-state index in [-0.39, 0.29) is 12.0 Å². The summed E-state index contributed by atoms with van der Waals surface area (Å²) in [6, 6.07) is 0. The molecule has 1 aliphatic carbocycles. The van der Waals surface area contributed by atoms with E-state index >= 15 is 0 Å². The monoisotopic (exact) mass is 318 g/mol. The van der Waals surface area contributed by atoms with Gasteiger partial charge in [-0.2, -0.15) is 0 Å². The van der Waals surface area contributed by atoms with Crippen LogP contribution in [0.5, 0.6) is 0 Å². The van der Waals surface area contributed by atoms with E-state index in [0.29, 0.717) is 16.9 Å². The summed E-state index contributed by atoms with van der Waals surface area (Å²) in [6.07, 6.45) is 12.3. The van der Waals surface area contributed by atoms with E-state index in [4.69, 9.17) is 9.15 Å². The van der Waals surface area contributed by atoms with Crippen LogP contribution in [0.3, 0.4) is 0 Å². The van der Waals surface area contributed by atoms with Gasteiger partial charge in [0, 0.05) is 19.7 Å². The molecule has 1 aromatic heterocycles. The van der Waals surface area contributed by atoms with Gasteiger partial charge in [-0.05, 0) is 43.9 Å². The first-order valence-corrected chi connectivity index (χ1v) is 9.12. The second-order valence-electron chi connectivity index (χ2n) is 7.42. The van der Waals surface area contributed by atoms with Crippen molar-refractivity contribution in [2.45, 2.75) is 63.9 Å². The minimum Gasteiger partial charge on any atom is -0.445 e. The fourth-order valence-corrected chi connectivity index (χ4v) is 4.56. The van der Waals surface area contributed by atoms with E-state index in [9.17, 15) is 4.79 Å². The maximum absolute atomic E-state index is 12.9. The van der Waals surface area contributed by atoms with Gasteiger partial charge < -0.3 is 14.1 Å². The predicted molar refractivity (Wildman–Crippen MR) is 85.1 cm³/mol. The van der Waals surface area contributed by atoms with Gasteiger partial charge in [-0.1, -0.05) is 19.3 Å². The van der Waals surface area contributed by atoms with Gasteiger partial charge in [-0.3, -0.25) is 4.79 Å². The number of likely N-dealkylation sites (tertiary alicyclic amines) is 1. The zero-order chi connectivity index (χ0) is 15.7. The normalized spacial score (nSPS) is 27.5. The lowest BCUT2D eigenvalue weighted by Gasteiger charge is -2.44. The van der Waals surface area contributed by atoms with Crippen LogP contribution in [-0.4, -0.2) is 35.5 Å². The van der Waals surface area contributed by atoms with Crippen molar-refractivity contribution in [2.24, 2.45) is 5.41 Å². The maximum atomic E-state index is 12.9. The SMILES string of the molecule is O=C(c1ncoc1[C@H]1CCCO1)N1CCC2(CCCCC2)CC1. The molecule has 2 saturated heterocycles. The van der Waals surface area contributed by atoms with Crippen LogP contribution in [0.25, 0.3) is 0 Å². The lowest BCUT2D eigenvalue weighted by atomic mass is 9.68. The Balaban J connectivity index is 1.43. The standard InChI is InChI=1S/C18H26N2O3/c21-17(15-16(23-13-19-15)14-5-4-12-22-14)20-10-8-18(9-11-20)6-2-1-3-7-18/h13-14H,1-12H2/t14-/m1/s1. The predicted octanol–water partition coefficient (Wildman–Crippen LogP) is 3.71. The van der Waals surface area contributed by atoms with Crippen LogP contribution >= 0.6 is 0 Å². The van der Waals surface area contributed by atoms with Crippen LogP contribution < -0.4 is 0 Å². The third kappa shape index (κ3) is 2.91. The lowest BCUT2D eigenvalue weighted by Crippen LogP contribution is -2.44. The molecule has 1 atom stereocenters. The van der Waals surface area contributed by atoms with Crippen molar-refractivity contribution >= 4 is 5.91 Å². The van der Waals surface area contributed by atoms with Crippen molar-refractivity contribution in [1.29, 1.82) is 0 Å². The molecule has 5 nitrogen and oxygen atoms in total. The Morgan fingerprint density at radius 3 is 2.61 bits per heavy atom. The molecule has 3 heterocycles. The molecule has 23 heavy (non-hydrogen) atoms. The molecule has 0 bridgehead atoms. The Hall–Kier alpha value is -1.36. The van der Waals surface area contributed by atoms with Crippen LogP contribution in [0, 0.1) is 5.41 Å². The van der Waals surface area contributed by atoms with Gasteiger partial charge in [0.15, 0.2) is 17.8 Å². The Bertz CT molecular complexity index is 546. The molecule has 3 fully saturated rings. The van der Waals surface area contributed by atoms with Crippen LogP contribution in [0.1, 0.15) is 80.1 Å². The average molecular weight is 318 g/mol. The highest BCUT2D eigenvalue weighted by Gasteiger charge is 2.38. The first-order chi connectivity index (χ1) is 11.3. The van der Waals surface area contributed by atoms with Gasteiger partial charge in [-0.15, -0.1) is 0 Å². The largest absolute Gasteiger partial charge is 0.445 e. The highest BCUT2D eigenvalue weighted by molar-refractivity contribution is 5.93. The number of hydrogen-bond donors (Lipinski definition) is 0. The second kappa shape index (κ2) is 6.27. The summed E-state index contributed by atoms with van der Waals surface area (Å²) in [5, 5.41) is 0. The third-order valence-electron chi connectivity index (χ3n) is 6.05. The lowest BCUT2D eigenvalue weighted by molar-refractivity contribution is 0.0454. The summed E-state index contributed by atoms with van der Waals surface area (Å²) in [6.45, 7) is 2.46. The van der Waals surface area contributed by atoms with E-state index in [2.05, 4.69) is 4.98 Å². The number of piperidine rings is 1. The van der Waals surface area contributed by atoms with Gasteiger partial charge >= 0.3 is 0 Å². The van der Waals surface area contributed by atoms with Gasteiger partial charge in [0.25, 0.3) is 5.91 Å². The molecule has 2 aliphatic heterocycles. The molecule has 1 spiro atoms. The Morgan fingerprint density at radius 2 is 1.91 bits per heavy atom. The molecule has 1 amide bonds. The van der Waals surface area contributed by atoms with Crippen molar-refractivity contribution in [1.82, 2.24) is 9.88 Å². The van der Waals surface area contributed by atoms with E-state index in [0.717, 1.165) is 45.4 Å². The molecule has 1 saturated carbocycles. The summed E-state index contributed by atoms with van der Waals surface area (Å²) in [7, 11) is 0. The summed E-state index contributed by atoms with van der Waals surface area (Å²) in [5.74, 6) is 0.653. The number of ether oxygens (including phenoxy) is 1.